The number of nitrogens with two attached hydrogens (primary N) is 1. The third kappa shape index (κ3) is 3.45. The quantitative estimate of drug-likeness (QED) is 0.492. The minimum absolute atomic E-state index is 0.286. The molecule has 0 spiro atoms. The zero-order chi connectivity index (χ0) is 8.97. The highest BCUT2D eigenvalue weighted by atomic mass is 32.2. The molecule has 0 amide bonds. The van der Waals surface area contributed by atoms with Gasteiger partial charge in [-0.15, -0.1) is 0 Å². The van der Waals surface area contributed by atoms with Crippen molar-refractivity contribution in [3.05, 3.63) is 0 Å². The van der Waals surface area contributed by atoms with E-state index in [4.69, 9.17) is 11.1 Å². The number of nitrogens with one attached hydrogen (secondary N) is 1. The van der Waals surface area contributed by atoms with Crippen molar-refractivity contribution in [3.63, 3.8) is 0 Å². The maximum atomic E-state index is 7.20. The lowest BCUT2D eigenvalue weighted by atomic mass is 10.2. The smallest absolute Gasteiger partial charge is 0.105 e. The van der Waals surface area contributed by atoms with Crippen molar-refractivity contribution in [2.45, 2.75) is 6.92 Å². The molecule has 12 heavy (non-hydrogen) atoms. The number of hydrogen-bond donors (Lipinski definition) is 2. The maximum absolute atomic E-state index is 7.20. The lowest BCUT2D eigenvalue weighted by Gasteiger charge is -2.20. The van der Waals surface area contributed by atoms with Crippen LogP contribution in [0.1, 0.15) is 6.92 Å². The molecule has 1 fully saturated rings. The standard InChI is InChI=1S/C8H17N3S/c1-7-4-11(5-8(9)10)2-3-12-6-7/h7H,2-6H2,1H3,(H3,9,10). The van der Waals surface area contributed by atoms with E-state index >= 15 is 0 Å². The van der Waals surface area contributed by atoms with Crippen molar-refractivity contribution in [2.75, 3.05) is 31.1 Å². The normalized spacial score (nSPS) is 26.6. The molecule has 0 aromatic carbocycles. The molecule has 0 aromatic rings. The van der Waals surface area contributed by atoms with Gasteiger partial charge in [0.15, 0.2) is 0 Å². The first-order valence-corrected chi connectivity index (χ1v) is 5.47. The first-order chi connectivity index (χ1) is 5.68. The first kappa shape index (κ1) is 9.86. The van der Waals surface area contributed by atoms with E-state index in [1.54, 1.807) is 0 Å². The molecule has 1 atom stereocenters. The van der Waals surface area contributed by atoms with Crippen LogP contribution in [0.2, 0.25) is 0 Å². The molecule has 0 aromatic heterocycles. The summed E-state index contributed by atoms with van der Waals surface area (Å²) >= 11 is 2.00. The van der Waals surface area contributed by atoms with E-state index in [1.807, 2.05) is 11.8 Å². The first-order valence-electron chi connectivity index (χ1n) is 4.31. The molecule has 1 heterocycles. The highest BCUT2D eigenvalue weighted by Gasteiger charge is 2.14. The van der Waals surface area contributed by atoms with Crippen LogP contribution < -0.4 is 5.73 Å². The van der Waals surface area contributed by atoms with E-state index in [0.29, 0.717) is 6.54 Å². The van der Waals surface area contributed by atoms with Crippen LogP contribution in [0.15, 0.2) is 0 Å². The lowest BCUT2D eigenvalue weighted by molar-refractivity contribution is 0.298. The Bertz CT molecular complexity index is 160. The van der Waals surface area contributed by atoms with Gasteiger partial charge in [-0.2, -0.15) is 11.8 Å². The van der Waals surface area contributed by atoms with Gasteiger partial charge in [0, 0.05) is 18.8 Å². The fraction of sp³-hybridized carbons (Fsp3) is 0.875. The zero-order valence-corrected chi connectivity index (χ0v) is 8.36. The van der Waals surface area contributed by atoms with Crippen LogP contribution >= 0.6 is 11.8 Å². The van der Waals surface area contributed by atoms with Gasteiger partial charge >= 0.3 is 0 Å². The summed E-state index contributed by atoms with van der Waals surface area (Å²) in [6.45, 7) is 5.07. The van der Waals surface area contributed by atoms with Crippen LogP contribution in [0.4, 0.5) is 0 Å². The van der Waals surface area contributed by atoms with Gasteiger partial charge in [-0.3, -0.25) is 10.3 Å². The molecule has 1 unspecified atom stereocenters. The molecule has 1 saturated heterocycles. The van der Waals surface area contributed by atoms with E-state index in [-0.39, 0.29) is 5.84 Å². The second-order valence-corrected chi connectivity index (χ2v) is 4.59. The Morgan fingerprint density at radius 3 is 3.17 bits per heavy atom. The molecular formula is C8H17N3S. The van der Waals surface area contributed by atoms with Crippen molar-refractivity contribution >= 4 is 17.6 Å². The van der Waals surface area contributed by atoms with E-state index in [0.717, 1.165) is 19.0 Å². The number of amidine groups is 1. The Labute approximate surface area is 78.2 Å². The highest BCUT2D eigenvalue weighted by molar-refractivity contribution is 7.99. The molecule has 3 N–H and O–H groups in total. The SMILES string of the molecule is CC1CSCCN(CC(=N)N)C1. The molecule has 0 saturated carbocycles. The van der Waals surface area contributed by atoms with Crippen molar-refractivity contribution in [1.29, 1.82) is 5.41 Å². The Morgan fingerprint density at radius 1 is 1.75 bits per heavy atom. The van der Waals surface area contributed by atoms with Gasteiger partial charge in [0.1, 0.15) is 5.84 Å². The number of hydrogen-bond acceptors (Lipinski definition) is 3. The van der Waals surface area contributed by atoms with Gasteiger partial charge in [0.2, 0.25) is 0 Å². The Morgan fingerprint density at radius 2 is 2.50 bits per heavy atom. The minimum Gasteiger partial charge on any atom is -0.387 e. The predicted molar refractivity (Wildman–Crippen MR) is 54.8 cm³/mol. The predicted octanol–water partition coefficient (Wildman–Crippen LogP) is 0.607. The van der Waals surface area contributed by atoms with Crippen LogP contribution in [0.3, 0.4) is 0 Å². The number of thioether (sulfide) groups is 1. The van der Waals surface area contributed by atoms with Gasteiger partial charge in [-0.25, -0.2) is 0 Å². The molecule has 4 heteroatoms. The van der Waals surface area contributed by atoms with Gasteiger partial charge in [0.25, 0.3) is 0 Å². The maximum Gasteiger partial charge on any atom is 0.105 e. The molecule has 1 rings (SSSR count). The fourth-order valence-corrected chi connectivity index (χ4v) is 2.51. The van der Waals surface area contributed by atoms with Crippen molar-refractivity contribution in [1.82, 2.24) is 4.90 Å². The summed E-state index contributed by atoms with van der Waals surface area (Å²) in [7, 11) is 0. The van der Waals surface area contributed by atoms with E-state index in [9.17, 15) is 0 Å². The van der Waals surface area contributed by atoms with Crippen LogP contribution in [0, 0.1) is 11.3 Å². The van der Waals surface area contributed by atoms with Crippen molar-refractivity contribution in [3.8, 4) is 0 Å². The van der Waals surface area contributed by atoms with Crippen LogP contribution in [0.25, 0.3) is 0 Å². The summed E-state index contributed by atoms with van der Waals surface area (Å²) in [4.78, 5) is 2.27. The second kappa shape index (κ2) is 4.72. The largest absolute Gasteiger partial charge is 0.387 e. The lowest BCUT2D eigenvalue weighted by Crippen LogP contribution is -2.36. The van der Waals surface area contributed by atoms with Crippen LogP contribution in [0.5, 0.6) is 0 Å². The van der Waals surface area contributed by atoms with Gasteiger partial charge < -0.3 is 5.73 Å². The Kier molecular flexibility index (Phi) is 3.88. The summed E-state index contributed by atoms with van der Waals surface area (Å²) in [6.07, 6.45) is 0. The Balaban J connectivity index is 2.35. The van der Waals surface area contributed by atoms with Gasteiger partial charge in [-0.05, 0) is 11.7 Å². The van der Waals surface area contributed by atoms with Crippen LogP contribution in [-0.2, 0) is 0 Å². The highest BCUT2D eigenvalue weighted by Crippen LogP contribution is 2.14. The Hall–Kier alpha value is -0.220. The number of rotatable bonds is 2. The topological polar surface area (TPSA) is 53.1 Å². The molecule has 1 aliphatic heterocycles. The van der Waals surface area contributed by atoms with Gasteiger partial charge in [0.05, 0.1) is 6.54 Å². The second-order valence-electron chi connectivity index (χ2n) is 3.44. The van der Waals surface area contributed by atoms with E-state index in [2.05, 4.69) is 11.8 Å². The molecule has 0 radical (unpaired) electrons. The van der Waals surface area contributed by atoms with E-state index < -0.39 is 0 Å². The fourth-order valence-electron chi connectivity index (χ4n) is 1.45. The third-order valence-corrected chi connectivity index (χ3v) is 3.19. The van der Waals surface area contributed by atoms with Crippen LogP contribution in [-0.4, -0.2) is 41.9 Å². The summed E-state index contributed by atoms with van der Waals surface area (Å²) in [5.41, 5.74) is 5.35. The summed E-state index contributed by atoms with van der Waals surface area (Å²) in [5, 5.41) is 7.20. The minimum atomic E-state index is 0.286. The van der Waals surface area contributed by atoms with E-state index in [1.165, 1.54) is 11.5 Å². The molecule has 70 valence electrons. The average Bonchev–Trinajstić information content (AvgIpc) is 2.12. The molecule has 0 bridgehead atoms. The molecular weight excluding hydrogens is 170 g/mol. The van der Waals surface area contributed by atoms with Gasteiger partial charge in [-0.1, -0.05) is 6.92 Å². The summed E-state index contributed by atoms with van der Waals surface area (Å²) < 4.78 is 0. The monoisotopic (exact) mass is 187 g/mol. The molecule has 0 aliphatic carbocycles. The molecule has 3 nitrogen and oxygen atoms in total. The summed E-state index contributed by atoms with van der Waals surface area (Å²) in [6, 6.07) is 0. The summed E-state index contributed by atoms with van der Waals surface area (Å²) in [5.74, 6) is 3.44. The zero-order valence-electron chi connectivity index (χ0n) is 7.55. The average molecular weight is 187 g/mol. The van der Waals surface area contributed by atoms with Crippen molar-refractivity contribution < 1.29 is 0 Å². The van der Waals surface area contributed by atoms with Crippen molar-refractivity contribution in [2.24, 2.45) is 11.7 Å². The molecule has 1 aliphatic rings. The third-order valence-electron chi connectivity index (χ3n) is 1.92. The number of nitrogens with zero attached hydrogens (tertiary/aromatic N) is 1.